The normalized spacial score (nSPS) is 11.3. The first-order valence-corrected chi connectivity index (χ1v) is 5.98. The van der Waals surface area contributed by atoms with Crippen molar-refractivity contribution >= 4 is 17.9 Å². The molecule has 2 rings (SSSR count). The van der Waals surface area contributed by atoms with Gasteiger partial charge < -0.3 is 4.74 Å². The number of rotatable bonds is 3. The molecule has 0 aliphatic rings. The number of halogens is 5. The third-order valence-corrected chi connectivity index (χ3v) is 2.76. The molecule has 2 aromatic carbocycles. The molecule has 0 saturated heterocycles. The van der Waals surface area contributed by atoms with Crippen LogP contribution in [0.3, 0.4) is 0 Å². The van der Waals surface area contributed by atoms with Gasteiger partial charge in [-0.1, -0.05) is 11.6 Å². The summed E-state index contributed by atoms with van der Waals surface area (Å²) in [5.41, 5.74) is 0.112. The number of benzene rings is 2. The lowest BCUT2D eigenvalue weighted by Gasteiger charge is -2.14. The fraction of sp³-hybridized carbons (Fsp3) is 0.0714. The van der Waals surface area contributed by atoms with Crippen molar-refractivity contribution in [2.45, 2.75) is 6.36 Å². The molecule has 0 heterocycles. The van der Waals surface area contributed by atoms with Gasteiger partial charge in [0.2, 0.25) is 0 Å². The third kappa shape index (κ3) is 3.95. The first kappa shape index (κ1) is 15.3. The van der Waals surface area contributed by atoms with E-state index in [1.54, 1.807) is 0 Å². The van der Waals surface area contributed by atoms with E-state index < -0.39 is 17.9 Å². The van der Waals surface area contributed by atoms with Crippen molar-refractivity contribution in [2.24, 2.45) is 0 Å². The number of ether oxygens (including phenoxy) is 1. The molecular weight excluding hydrogens is 312 g/mol. The predicted molar refractivity (Wildman–Crippen MR) is 68.9 cm³/mol. The zero-order valence-corrected chi connectivity index (χ0v) is 11.0. The Morgan fingerprint density at radius 3 is 2.38 bits per heavy atom. The highest BCUT2D eigenvalue weighted by Gasteiger charge is 2.32. The fourth-order valence-corrected chi connectivity index (χ4v) is 1.99. The smallest absolute Gasteiger partial charge is 0.405 e. The maximum absolute atomic E-state index is 13.3. The quantitative estimate of drug-likeness (QED) is 0.597. The van der Waals surface area contributed by atoms with Gasteiger partial charge in [-0.2, -0.15) is 0 Å². The molecule has 2 aromatic rings. The second-order valence-corrected chi connectivity index (χ2v) is 4.52. The molecule has 7 heteroatoms. The third-order valence-electron chi connectivity index (χ3n) is 2.54. The number of carbonyl (C=O) groups is 1. The lowest BCUT2D eigenvalue weighted by atomic mass is 10.0. The molecule has 0 spiro atoms. The van der Waals surface area contributed by atoms with Crippen molar-refractivity contribution in [1.82, 2.24) is 0 Å². The van der Waals surface area contributed by atoms with Crippen molar-refractivity contribution < 1.29 is 27.1 Å². The summed E-state index contributed by atoms with van der Waals surface area (Å²) in [6, 6.07) is 6.61. The Bertz CT molecular complexity index is 663. The van der Waals surface area contributed by atoms with E-state index in [0.717, 1.165) is 18.2 Å². The lowest BCUT2D eigenvalue weighted by Crippen LogP contribution is -2.17. The topological polar surface area (TPSA) is 26.3 Å². The van der Waals surface area contributed by atoms with E-state index in [2.05, 4.69) is 4.74 Å². The van der Waals surface area contributed by atoms with Crippen molar-refractivity contribution in [3.63, 3.8) is 0 Å². The standard InChI is InChI=1S/C14H7ClF4O2/c15-10-4-9(5-11(16)6-10)12-3-8(7-20)1-2-13(12)21-14(17,18)19/h1-7H. The summed E-state index contributed by atoms with van der Waals surface area (Å²) in [5.74, 6) is -1.26. The van der Waals surface area contributed by atoms with Gasteiger partial charge in [0.25, 0.3) is 0 Å². The highest BCUT2D eigenvalue weighted by atomic mass is 35.5. The molecule has 21 heavy (non-hydrogen) atoms. The number of hydrogen-bond acceptors (Lipinski definition) is 2. The zero-order chi connectivity index (χ0) is 15.6. The first-order chi connectivity index (χ1) is 9.78. The monoisotopic (exact) mass is 318 g/mol. The number of hydrogen-bond donors (Lipinski definition) is 0. The molecule has 0 saturated carbocycles. The SMILES string of the molecule is O=Cc1ccc(OC(F)(F)F)c(-c2cc(F)cc(Cl)c2)c1. The highest BCUT2D eigenvalue weighted by Crippen LogP contribution is 2.35. The fourth-order valence-electron chi connectivity index (χ4n) is 1.77. The molecule has 0 aromatic heterocycles. The minimum absolute atomic E-state index is 0.0134. The maximum atomic E-state index is 13.3. The summed E-state index contributed by atoms with van der Waals surface area (Å²) in [7, 11) is 0. The average Bonchev–Trinajstić information content (AvgIpc) is 2.36. The molecule has 0 fully saturated rings. The van der Waals surface area contributed by atoms with Gasteiger partial charge in [0.05, 0.1) is 0 Å². The molecule has 0 atom stereocenters. The Morgan fingerprint density at radius 2 is 1.81 bits per heavy atom. The average molecular weight is 319 g/mol. The molecule has 0 bridgehead atoms. The molecule has 0 N–H and O–H groups in total. The van der Waals surface area contributed by atoms with Crippen LogP contribution in [-0.4, -0.2) is 12.6 Å². The van der Waals surface area contributed by atoms with E-state index in [1.165, 1.54) is 18.2 Å². The number of alkyl halides is 3. The van der Waals surface area contributed by atoms with Gasteiger partial charge in [-0.25, -0.2) is 4.39 Å². The van der Waals surface area contributed by atoms with Crippen LogP contribution in [0.2, 0.25) is 5.02 Å². The van der Waals surface area contributed by atoms with Gasteiger partial charge in [0, 0.05) is 16.1 Å². The highest BCUT2D eigenvalue weighted by molar-refractivity contribution is 6.30. The second-order valence-electron chi connectivity index (χ2n) is 4.08. The molecule has 110 valence electrons. The van der Waals surface area contributed by atoms with Crippen molar-refractivity contribution in [2.75, 3.05) is 0 Å². The Morgan fingerprint density at radius 1 is 1.10 bits per heavy atom. The molecule has 0 aliphatic carbocycles. The summed E-state index contributed by atoms with van der Waals surface area (Å²) in [4.78, 5) is 10.8. The first-order valence-electron chi connectivity index (χ1n) is 5.60. The van der Waals surface area contributed by atoms with Crippen LogP contribution < -0.4 is 4.74 Å². The molecule has 0 amide bonds. The second kappa shape index (κ2) is 5.73. The summed E-state index contributed by atoms with van der Waals surface area (Å²) in [6.45, 7) is 0. The van der Waals surface area contributed by atoms with Crippen LogP contribution in [0.1, 0.15) is 10.4 Å². The maximum Gasteiger partial charge on any atom is 0.573 e. The van der Waals surface area contributed by atoms with Gasteiger partial charge in [-0.05, 0) is 42.0 Å². The Labute approximate surface area is 121 Å². The van der Waals surface area contributed by atoms with Crippen LogP contribution in [0.5, 0.6) is 5.75 Å². The van der Waals surface area contributed by atoms with Crippen LogP contribution in [0.4, 0.5) is 17.6 Å². The summed E-state index contributed by atoms with van der Waals surface area (Å²) in [6.07, 6.45) is -4.45. The van der Waals surface area contributed by atoms with Crippen LogP contribution in [-0.2, 0) is 0 Å². The van der Waals surface area contributed by atoms with E-state index in [-0.39, 0.29) is 21.7 Å². The van der Waals surface area contributed by atoms with Crippen molar-refractivity contribution in [3.8, 4) is 16.9 Å². The summed E-state index contributed by atoms with van der Waals surface area (Å²) in [5, 5.41) is 0.0134. The Balaban J connectivity index is 2.60. The van der Waals surface area contributed by atoms with Crippen LogP contribution in [0.25, 0.3) is 11.1 Å². The van der Waals surface area contributed by atoms with Crippen LogP contribution in [0, 0.1) is 5.82 Å². The molecule has 2 nitrogen and oxygen atoms in total. The summed E-state index contributed by atoms with van der Waals surface area (Å²) < 4.78 is 54.4. The Hall–Kier alpha value is -2.08. The molecule has 0 aliphatic heterocycles. The summed E-state index contributed by atoms with van der Waals surface area (Å²) >= 11 is 5.69. The zero-order valence-electron chi connectivity index (χ0n) is 10.2. The minimum Gasteiger partial charge on any atom is -0.405 e. The molecule has 0 unspecified atom stereocenters. The van der Waals surface area contributed by atoms with E-state index in [4.69, 9.17) is 11.6 Å². The van der Waals surface area contributed by atoms with Gasteiger partial charge in [0.15, 0.2) is 0 Å². The van der Waals surface area contributed by atoms with Crippen LogP contribution >= 0.6 is 11.6 Å². The van der Waals surface area contributed by atoms with E-state index in [9.17, 15) is 22.4 Å². The van der Waals surface area contributed by atoms with E-state index in [1.807, 2.05) is 0 Å². The van der Waals surface area contributed by atoms with Crippen molar-refractivity contribution in [1.29, 1.82) is 0 Å². The molecule has 0 radical (unpaired) electrons. The van der Waals surface area contributed by atoms with Crippen LogP contribution in [0.15, 0.2) is 36.4 Å². The van der Waals surface area contributed by atoms with E-state index in [0.29, 0.717) is 6.29 Å². The van der Waals surface area contributed by atoms with Crippen molar-refractivity contribution in [3.05, 3.63) is 52.8 Å². The van der Waals surface area contributed by atoms with Gasteiger partial charge >= 0.3 is 6.36 Å². The van der Waals surface area contributed by atoms with E-state index >= 15 is 0 Å². The van der Waals surface area contributed by atoms with Gasteiger partial charge in [-0.3, -0.25) is 4.79 Å². The largest absolute Gasteiger partial charge is 0.573 e. The Kier molecular flexibility index (Phi) is 4.18. The number of aldehydes is 1. The van der Waals surface area contributed by atoms with Gasteiger partial charge in [0.1, 0.15) is 17.9 Å². The molecular formula is C14H7ClF4O2. The minimum atomic E-state index is -4.91. The number of carbonyl (C=O) groups excluding carboxylic acids is 1. The predicted octanol–water partition coefficient (Wildman–Crippen LogP) is 4.86. The lowest BCUT2D eigenvalue weighted by molar-refractivity contribution is -0.274. The van der Waals surface area contributed by atoms with Gasteiger partial charge in [-0.15, -0.1) is 13.2 Å².